The molecule has 0 spiro atoms. The van der Waals surface area contributed by atoms with Crippen LogP contribution in [0.2, 0.25) is 0 Å². The predicted octanol–water partition coefficient (Wildman–Crippen LogP) is 0.250. The van der Waals surface area contributed by atoms with Crippen molar-refractivity contribution >= 4 is 29.1 Å². The van der Waals surface area contributed by atoms with E-state index in [4.69, 9.17) is 0 Å². The number of hydrogen-bond donors (Lipinski definition) is 2. The summed E-state index contributed by atoms with van der Waals surface area (Å²) in [4.78, 5) is 36.7. The molecule has 0 radical (unpaired) electrons. The van der Waals surface area contributed by atoms with Crippen molar-refractivity contribution in [2.24, 2.45) is 5.92 Å². The molecular weight excluding hydrogens is 294 g/mol. The Morgan fingerprint density at radius 2 is 2.10 bits per heavy atom. The maximum absolute atomic E-state index is 11.7. The number of nitrogens with zero attached hydrogens (tertiary/aromatic N) is 1. The van der Waals surface area contributed by atoms with Crippen LogP contribution in [0.4, 0.5) is 0 Å². The van der Waals surface area contributed by atoms with E-state index < -0.39 is 0 Å². The van der Waals surface area contributed by atoms with Gasteiger partial charge in [0, 0.05) is 6.54 Å². The number of thiophene rings is 1. The van der Waals surface area contributed by atoms with Crippen LogP contribution in [0.3, 0.4) is 0 Å². The molecule has 0 aliphatic carbocycles. The zero-order valence-corrected chi connectivity index (χ0v) is 13.0. The average molecular weight is 313 g/mol. The molecule has 1 unspecified atom stereocenters. The summed E-state index contributed by atoms with van der Waals surface area (Å²) < 4.78 is 4.62. The molecule has 21 heavy (non-hydrogen) atoms. The maximum atomic E-state index is 11.7. The monoisotopic (exact) mass is 313 g/mol. The van der Waals surface area contributed by atoms with Crippen molar-refractivity contribution < 1.29 is 19.1 Å². The lowest BCUT2D eigenvalue weighted by Crippen LogP contribution is -2.46. The number of ether oxygens (including phenoxy) is 1. The molecule has 1 atom stereocenters. The Balaban J connectivity index is 2.30. The van der Waals surface area contributed by atoms with E-state index in [-0.39, 0.29) is 30.2 Å². The molecule has 0 aliphatic heterocycles. The average Bonchev–Trinajstić information content (AvgIpc) is 2.97. The van der Waals surface area contributed by atoms with E-state index in [1.807, 2.05) is 0 Å². The summed E-state index contributed by atoms with van der Waals surface area (Å²) in [7, 11) is 3.03. The summed E-state index contributed by atoms with van der Waals surface area (Å²) >= 11 is 1.29. The van der Waals surface area contributed by atoms with Gasteiger partial charge < -0.3 is 4.74 Å². The Morgan fingerprint density at radius 3 is 2.67 bits per heavy atom. The lowest BCUT2D eigenvalue weighted by atomic mass is 10.2. The number of carbonyl (C=O) groups is 3. The number of nitrogens with one attached hydrogen (secondary N) is 2. The minimum atomic E-state index is -0.362. The van der Waals surface area contributed by atoms with Crippen LogP contribution < -0.4 is 10.9 Å². The normalized spacial score (nSPS) is 11.8. The first-order valence-electron chi connectivity index (χ1n) is 6.33. The van der Waals surface area contributed by atoms with Crippen LogP contribution in [0, 0.1) is 5.92 Å². The third kappa shape index (κ3) is 5.92. The van der Waals surface area contributed by atoms with E-state index in [0.29, 0.717) is 11.4 Å². The standard InChI is InChI=1S/C13H19N3O4S/c1-9(13(19)20-3)7-16(2)8-11(17)14-15-12(18)10-5-4-6-21-10/h4-6,9H,7-8H2,1-3H3,(H,14,17)(H,15,18). The highest BCUT2D eigenvalue weighted by atomic mass is 32.1. The molecule has 0 bridgehead atoms. The Kier molecular flexibility index (Phi) is 6.83. The van der Waals surface area contributed by atoms with Crippen molar-refractivity contribution in [3.63, 3.8) is 0 Å². The molecule has 1 aromatic rings. The van der Waals surface area contributed by atoms with Gasteiger partial charge in [-0.05, 0) is 18.5 Å². The summed E-state index contributed by atoms with van der Waals surface area (Å²) in [5.74, 6) is -1.37. The fourth-order valence-corrected chi connectivity index (χ4v) is 2.31. The molecule has 0 fully saturated rings. The topological polar surface area (TPSA) is 87.7 Å². The first-order valence-corrected chi connectivity index (χ1v) is 7.21. The molecule has 0 aromatic carbocycles. The van der Waals surface area contributed by atoms with Crippen LogP contribution in [0.15, 0.2) is 17.5 Å². The first-order chi connectivity index (χ1) is 9.93. The number of hydrogen-bond acceptors (Lipinski definition) is 6. The van der Waals surface area contributed by atoms with Crippen molar-refractivity contribution in [1.29, 1.82) is 0 Å². The van der Waals surface area contributed by atoms with Gasteiger partial charge in [0.15, 0.2) is 0 Å². The van der Waals surface area contributed by atoms with Gasteiger partial charge in [-0.1, -0.05) is 13.0 Å². The zero-order chi connectivity index (χ0) is 15.8. The fraction of sp³-hybridized carbons (Fsp3) is 0.462. The van der Waals surface area contributed by atoms with E-state index in [1.165, 1.54) is 18.4 Å². The van der Waals surface area contributed by atoms with Gasteiger partial charge in [-0.25, -0.2) is 0 Å². The second-order valence-electron chi connectivity index (χ2n) is 4.60. The number of methoxy groups -OCH3 is 1. The van der Waals surface area contributed by atoms with Crippen molar-refractivity contribution in [3.05, 3.63) is 22.4 Å². The highest BCUT2D eigenvalue weighted by molar-refractivity contribution is 7.12. The number of esters is 1. The molecule has 0 saturated heterocycles. The largest absolute Gasteiger partial charge is 0.469 e. The van der Waals surface area contributed by atoms with Crippen LogP contribution in [0.5, 0.6) is 0 Å². The number of amides is 2. The molecule has 0 aliphatic rings. The summed E-state index contributed by atoms with van der Waals surface area (Å²) in [5, 5.41) is 1.78. The molecule has 1 heterocycles. The van der Waals surface area contributed by atoms with Crippen molar-refractivity contribution in [3.8, 4) is 0 Å². The molecular formula is C13H19N3O4S. The van der Waals surface area contributed by atoms with Crippen molar-refractivity contribution in [2.75, 3.05) is 27.2 Å². The van der Waals surface area contributed by atoms with Gasteiger partial charge in [-0.3, -0.25) is 30.1 Å². The minimum absolute atomic E-state index is 0.0616. The molecule has 1 rings (SSSR count). The lowest BCUT2D eigenvalue weighted by molar-refractivity contribution is -0.145. The van der Waals surface area contributed by atoms with E-state index in [0.717, 1.165) is 0 Å². The van der Waals surface area contributed by atoms with E-state index in [2.05, 4.69) is 15.6 Å². The SMILES string of the molecule is COC(=O)C(C)CN(C)CC(=O)NNC(=O)c1cccs1. The zero-order valence-electron chi connectivity index (χ0n) is 12.2. The summed E-state index contributed by atoms with van der Waals surface area (Å²) in [6.45, 7) is 2.17. The van der Waals surface area contributed by atoms with Gasteiger partial charge in [-0.15, -0.1) is 11.3 Å². The van der Waals surface area contributed by atoms with E-state index >= 15 is 0 Å². The van der Waals surface area contributed by atoms with Crippen LogP contribution in [0.25, 0.3) is 0 Å². The lowest BCUT2D eigenvalue weighted by Gasteiger charge is -2.19. The molecule has 2 N–H and O–H groups in total. The van der Waals surface area contributed by atoms with Gasteiger partial charge in [0.1, 0.15) is 0 Å². The second kappa shape index (κ2) is 8.38. The smallest absolute Gasteiger partial charge is 0.309 e. The number of rotatable bonds is 6. The second-order valence-corrected chi connectivity index (χ2v) is 5.55. The molecule has 2 amide bonds. The third-order valence-corrected chi connectivity index (χ3v) is 3.53. The molecule has 8 heteroatoms. The quantitative estimate of drug-likeness (QED) is 0.581. The highest BCUT2D eigenvalue weighted by Gasteiger charge is 2.17. The van der Waals surface area contributed by atoms with Gasteiger partial charge in [0.25, 0.3) is 11.8 Å². The number of carbonyl (C=O) groups excluding carboxylic acids is 3. The Morgan fingerprint density at radius 1 is 1.38 bits per heavy atom. The van der Waals surface area contributed by atoms with Crippen molar-refractivity contribution in [1.82, 2.24) is 15.8 Å². The molecule has 0 saturated carbocycles. The van der Waals surface area contributed by atoms with Crippen LogP contribution >= 0.6 is 11.3 Å². The number of likely N-dealkylation sites (N-methyl/N-ethyl adjacent to an activating group) is 1. The number of hydrazine groups is 1. The van der Waals surface area contributed by atoms with E-state index in [9.17, 15) is 14.4 Å². The predicted molar refractivity (Wildman–Crippen MR) is 78.6 cm³/mol. The summed E-state index contributed by atoms with van der Waals surface area (Å²) in [6.07, 6.45) is 0. The Labute approximate surface area is 127 Å². The fourth-order valence-electron chi connectivity index (χ4n) is 1.69. The maximum Gasteiger partial charge on any atom is 0.309 e. The van der Waals surface area contributed by atoms with Crippen LogP contribution in [-0.2, 0) is 14.3 Å². The van der Waals surface area contributed by atoms with Gasteiger partial charge in [0.05, 0.1) is 24.4 Å². The first kappa shape index (κ1) is 17.1. The molecule has 1 aromatic heterocycles. The Hall–Kier alpha value is -1.93. The van der Waals surface area contributed by atoms with Crippen molar-refractivity contribution in [2.45, 2.75) is 6.92 Å². The van der Waals surface area contributed by atoms with Crippen LogP contribution in [-0.4, -0.2) is 49.9 Å². The highest BCUT2D eigenvalue weighted by Crippen LogP contribution is 2.07. The summed E-state index contributed by atoms with van der Waals surface area (Å²) in [6, 6.07) is 3.42. The molecule has 116 valence electrons. The van der Waals surface area contributed by atoms with Gasteiger partial charge in [-0.2, -0.15) is 0 Å². The van der Waals surface area contributed by atoms with Gasteiger partial charge >= 0.3 is 5.97 Å². The van der Waals surface area contributed by atoms with Crippen LogP contribution in [0.1, 0.15) is 16.6 Å². The summed E-state index contributed by atoms with van der Waals surface area (Å²) in [5.41, 5.74) is 4.66. The minimum Gasteiger partial charge on any atom is -0.469 e. The third-order valence-electron chi connectivity index (χ3n) is 2.66. The Bertz CT molecular complexity index is 490. The van der Waals surface area contributed by atoms with E-state index in [1.54, 1.807) is 36.4 Å². The van der Waals surface area contributed by atoms with Gasteiger partial charge in [0.2, 0.25) is 0 Å². The molecule has 7 nitrogen and oxygen atoms in total.